The fourth-order valence-electron chi connectivity index (χ4n) is 3.62. The maximum Gasteiger partial charge on any atom is 0.573 e. The number of hydrogen-bond acceptors (Lipinski definition) is 6. The Morgan fingerprint density at radius 2 is 1.97 bits per heavy atom. The van der Waals surface area contributed by atoms with E-state index in [-0.39, 0.29) is 22.0 Å². The average Bonchev–Trinajstić information content (AvgIpc) is 3.11. The number of nitrogens with one attached hydrogen (secondary N) is 1. The van der Waals surface area contributed by atoms with E-state index in [1.54, 1.807) is 0 Å². The van der Waals surface area contributed by atoms with Gasteiger partial charge in [-0.05, 0) is 43.2 Å². The Balaban J connectivity index is 1.89. The second-order valence-electron chi connectivity index (χ2n) is 7.97. The number of benzene rings is 1. The summed E-state index contributed by atoms with van der Waals surface area (Å²) in [4.78, 5) is 16.8. The first-order chi connectivity index (χ1) is 16.1. The Morgan fingerprint density at radius 3 is 2.49 bits per heavy atom. The van der Waals surface area contributed by atoms with Gasteiger partial charge in [0.15, 0.2) is 5.60 Å². The number of aliphatic hydroxyl groups excluding tert-OH is 2. The van der Waals surface area contributed by atoms with Crippen molar-refractivity contribution in [1.82, 2.24) is 4.98 Å². The predicted octanol–water partition coefficient (Wildman–Crippen LogP) is 4.49. The van der Waals surface area contributed by atoms with Gasteiger partial charge in [-0.25, -0.2) is 0 Å². The van der Waals surface area contributed by atoms with E-state index in [4.69, 9.17) is 21.4 Å². The maximum atomic E-state index is 13.7. The zero-order chi connectivity index (χ0) is 26.2. The molecule has 1 aromatic heterocycles. The summed E-state index contributed by atoms with van der Waals surface area (Å²) in [5, 5.41) is 20.5. The molecule has 7 nitrogen and oxygen atoms in total. The lowest BCUT2D eigenvalue weighted by molar-refractivity contribution is -0.274. The zero-order valence-electron chi connectivity index (χ0n) is 17.8. The number of aromatic nitrogens is 1. The van der Waals surface area contributed by atoms with Crippen LogP contribution in [0, 0.1) is 0 Å². The summed E-state index contributed by atoms with van der Waals surface area (Å²) in [6, 6.07) is 5.31. The van der Waals surface area contributed by atoms with Crippen LogP contribution in [0.2, 0.25) is 5.02 Å². The van der Waals surface area contributed by atoms with Gasteiger partial charge >= 0.3 is 12.5 Å². The van der Waals surface area contributed by atoms with Crippen LogP contribution in [0.1, 0.15) is 36.6 Å². The fraction of sp³-hybridized carbons (Fsp3) is 0.429. The summed E-state index contributed by atoms with van der Waals surface area (Å²) in [6.45, 7) is 0.162. The molecule has 1 amide bonds. The van der Waals surface area contributed by atoms with Crippen LogP contribution in [0.5, 0.6) is 5.75 Å². The van der Waals surface area contributed by atoms with Gasteiger partial charge in [0.25, 0.3) is 5.91 Å². The second kappa shape index (κ2) is 9.80. The minimum Gasteiger partial charge on any atom is -0.406 e. The SMILES string of the molecule is C[C@@]1(C(F)(F)F)C[C@H](c2ccc(OC(F)(F)F)cc2Cl)[C@@H](C(=O)Nc2ccc([C@@H](O)CO)nc2)O1. The molecule has 35 heavy (non-hydrogen) atoms. The van der Waals surface area contributed by atoms with Gasteiger partial charge in [-0.15, -0.1) is 13.2 Å². The summed E-state index contributed by atoms with van der Waals surface area (Å²) in [6.07, 6.45) is -12.5. The van der Waals surface area contributed by atoms with Crippen LogP contribution < -0.4 is 10.1 Å². The van der Waals surface area contributed by atoms with Crippen LogP contribution >= 0.6 is 11.6 Å². The number of pyridine rings is 1. The van der Waals surface area contributed by atoms with Crippen molar-refractivity contribution in [1.29, 1.82) is 0 Å². The number of carbonyl (C=O) groups is 1. The minimum absolute atomic E-state index is 0.0335. The fourth-order valence-corrected chi connectivity index (χ4v) is 3.93. The number of nitrogens with zero attached hydrogens (tertiary/aromatic N) is 1. The summed E-state index contributed by atoms with van der Waals surface area (Å²) in [5.74, 6) is -2.93. The predicted molar refractivity (Wildman–Crippen MR) is 110 cm³/mol. The first-order valence-electron chi connectivity index (χ1n) is 9.99. The molecule has 0 bridgehead atoms. The average molecular weight is 529 g/mol. The Morgan fingerprint density at radius 1 is 1.29 bits per heavy atom. The molecule has 2 heterocycles. The van der Waals surface area contributed by atoms with Crippen LogP contribution in [0.3, 0.4) is 0 Å². The van der Waals surface area contributed by atoms with Gasteiger partial charge in [0, 0.05) is 10.9 Å². The molecule has 1 aliphatic heterocycles. The molecular formula is C21H19ClF6N2O5. The molecule has 1 aliphatic rings. The highest BCUT2D eigenvalue weighted by molar-refractivity contribution is 6.31. The Labute approximate surface area is 199 Å². The van der Waals surface area contributed by atoms with Crippen molar-refractivity contribution in [2.24, 2.45) is 0 Å². The molecule has 192 valence electrons. The summed E-state index contributed by atoms with van der Waals surface area (Å²) >= 11 is 6.07. The molecular weight excluding hydrogens is 510 g/mol. The largest absolute Gasteiger partial charge is 0.573 e. The molecule has 1 aromatic carbocycles. The third-order valence-corrected chi connectivity index (χ3v) is 5.72. The van der Waals surface area contributed by atoms with E-state index in [1.807, 2.05) is 0 Å². The highest BCUT2D eigenvalue weighted by atomic mass is 35.5. The molecule has 0 radical (unpaired) electrons. The van der Waals surface area contributed by atoms with E-state index in [1.165, 1.54) is 12.1 Å². The number of anilines is 1. The van der Waals surface area contributed by atoms with Crippen molar-refractivity contribution < 1.29 is 50.8 Å². The molecule has 0 unspecified atom stereocenters. The molecule has 1 fully saturated rings. The van der Waals surface area contributed by atoms with Crippen molar-refractivity contribution in [3.05, 3.63) is 52.8 Å². The molecule has 3 rings (SSSR count). The number of rotatable bonds is 6. The zero-order valence-corrected chi connectivity index (χ0v) is 18.6. The number of halogens is 7. The number of carbonyl (C=O) groups excluding carboxylic acids is 1. The Hall–Kier alpha value is -2.61. The van der Waals surface area contributed by atoms with Gasteiger partial charge in [-0.2, -0.15) is 13.2 Å². The third kappa shape index (κ3) is 6.15. The minimum atomic E-state index is -5.00. The number of alkyl halides is 6. The van der Waals surface area contributed by atoms with E-state index in [0.717, 1.165) is 31.3 Å². The van der Waals surface area contributed by atoms with Crippen molar-refractivity contribution in [2.45, 2.75) is 49.6 Å². The normalized spacial score (nSPS) is 23.7. The lowest BCUT2D eigenvalue weighted by atomic mass is 9.86. The Bertz CT molecular complexity index is 1070. The van der Waals surface area contributed by atoms with Gasteiger partial charge in [0.1, 0.15) is 18.0 Å². The monoisotopic (exact) mass is 528 g/mol. The molecule has 1 saturated heterocycles. The molecule has 3 N–H and O–H groups in total. The van der Waals surface area contributed by atoms with Crippen LogP contribution in [0.25, 0.3) is 0 Å². The van der Waals surface area contributed by atoms with E-state index in [0.29, 0.717) is 0 Å². The second-order valence-corrected chi connectivity index (χ2v) is 8.38. The molecule has 2 aromatic rings. The van der Waals surface area contributed by atoms with Crippen LogP contribution in [0.4, 0.5) is 32.0 Å². The van der Waals surface area contributed by atoms with Crippen molar-refractivity contribution in [2.75, 3.05) is 11.9 Å². The van der Waals surface area contributed by atoms with Gasteiger partial charge in [-0.3, -0.25) is 9.78 Å². The van der Waals surface area contributed by atoms with E-state index < -0.39 is 60.9 Å². The van der Waals surface area contributed by atoms with E-state index in [2.05, 4.69) is 15.0 Å². The number of ether oxygens (including phenoxy) is 2. The molecule has 14 heteroatoms. The quantitative estimate of drug-likeness (QED) is 0.478. The van der Waals surface area contributed by atoms with Gasteiger partial charge in [0.2, 0.25) is 0 Å². The van der Waals surface area contributed by atoms with Crippen molar-refractivity contribution in [3.8, 4) is 5.75 Å². The van der Waals surface area contributed by atoms with Gasteiger partial charge in [-0.1, -0.05) is 17.7 Å². The van der Waals surface area contributed by atoms with Gasteiger partial charge < -0.3 is 25.0 Å². The topological polar surface area (TPSA) is 101 Å². The molecule has 4 atom stereocenters. The number of amides is 1. The standard InChI is InChI=1S/C21H19ClF6N2O5/c1-19(20(23,24)25)7-13(12-4-3-11(6-14(12)22)34-21(26,27)28)17(35-19)18(33)30-10-2-5-15(29-8-10)16(32)9-31/h2-6,8,13,16-17,31-32H,7,9H2,1H3,(H,30,33)/t13-,16+,17+,19+/m1/s1. The van der Waals surface area contributed by atoms with Crippen molar-refractivity contribution in [3.63, 3.8) is 0 Å². The van der Waals surface area contributed by atoms with E-state index in [9.17, 15) is 36.2 Å². The maximum absolute atomic E-state index is 13.7. The van der Waals surface area contributed by atoms with Crippen LogP contribution in [-0.4, -0.2) is 52.0 Å². The van der Waals surface area contributed by atoms with Crippen LogP contribution in [-0.2, 0) is 9.53 Å². The molecule has 0 spiro atoms. The van der Waals surface area contributed by atoms with E-state index >= 15 is 0 Å². The smallest absolute Gasteiger partial charge is 0.406 e. The third-order valence-electron chi connectivity index (χ3n) is 5.39. The highest BCUT2D eigenvalue weighted by Gasteiger charge is 2.61. The summed E-state index contributed by atoms with van der Waals surface area (Å²) in [5.41, 5.74) is -2.61. The van der Waals surface area contributed by atoms with Crippen LogP contribution in [0.15, 0.2) is 36.5 Å². The first kappa shape index (κ1) is 27.0. The first-order valence-corrected chi connectivity index (χ1v) is 10.4. The lowest BCUT2D eigenvalue weighted by Crippen LogP contribution is -2.43. The molecule has 0 saturated carbocycles. The highest BCUT2D eigenvalue weighted by Crippen LogP contribution is 2.51. The summed E-state index contributed by atoms with van der Waals surface area (Å²) in [7, 11) is 0. The van der Waals surface area contributed by atoms with Crippen molar-refractivity contribution >= 4 is 23.2 Å². The lowest BCUT2D eigenvalue weighted by Gasteiger charge is -2.27. The Kier molecular flexibility index (Phi) is 7.56. The number of hydrogen-bond donors (Lipinski definition) is 3. The summed E-state index contributed by atoms with van der Waals surface area (Å²) < 4.78 is 87.5. The number of aliphatic hydroxyl groups is 2. The van der Waals surface area contributed by atoms with Gasteiger partial charge in [0.05, 0.1) is 24.2 Å². The molecule has 0 aliphatic carbocycles.